The first-order valence-corrected chi connectivity index (χ1v) is 12.2. The van der Waals surface area contributed by atoms with Gasteiger partial charge in [0, 0.05) is 79.2 Å². The molecule has 0 aliphatic carbocycles. The molecule has 182 valence electrons. The lowest BCUT2D eigenvalue weighted by Crippen LogP contribution is -2.61. The molecule has 0 saturated carbocycles. The summed E-state index contributed by atoms with van der Waals surface area (Å²) in [5.74, 6) is 0. The van der Waals surface area contributed by atoms with Crippen LogP contribution in [0.15, 0.2) is 54.7 Å². The third-order valence-corrected chi connectivity index (χ3v) is 7.15. The number of carbonyl (C=O) groups is 1. The molecule has 0 bridgehead atoms. The highest BCUT2D eigenvalue weighted by Gasteiger charge is 2.36. The van der Waals surface area contributed by atoms with Gasteiger partial charge in [-0.25, -0.2) is 0 Å². The van der Waals surface area contributed by atoms with E-state index in [0.29, 0.717) is 19.7 Å². The fraction of sp³-hybridized carbons (Fsp3) is 0.333. The first-order valence-electron chi connectivity index (χ1n) is 11.8. The molecule has 2 atom stereocenters. The van der Waals surface area contributed by atoms with Crippen LogP contribution in [0.3, 0.4) is 0 Å². The van der Waals surface area contributed by atoms with Crippen LogP contribution in [0.1, 0.15) is 11.3 Å². The van der Waals surface area contributed by atoms with Gasteiger partial charge in [0.1, 0.15) is 6.29 Å². The molecular weight excluding hydrogens is 462 g/mol. The average molecular weight is 492 g/mol. The summed E-state index contributed by atoms with van der Waals surface area (Å²) in [6, 6.07) is 16.0. The Morgan fingerprint density at radius 1 is 1.14 bits per heavy atom. The molecular formula is C27H30ClN5O2. The number of pyridine rings is 1. The van der Waals surface area contributed by atoms with Crippen molar-refractivity contribution in [3.05, 3.63) is 71.0 Å². The average Bonchev–Trinajstić information content (AvgIpc) is 3.26. The second-order valence-corrected chi connectivity index (χ2v) is 9.51. The Labute approximate surface area is 210 Å². The number of hydrogen-bond donors (Lipinski definition) is 2. The number of fused-ring (bicyclic) bond motifs is 2. The van der Waals surface area contributed by atoms with E-state index in [0.717, 1.165) is 63.1 Å². The van der Waals surface area contributed by atoms with Gasteiger partial charge in [0.2, 0.25) is 0 Å². The van der Waals surface area contributed by atoms with Crippen LogP contribution in [0.5, 0.6) is 0 Å². The molecule has 0 spiro atoms. The monoisotopic (exact) mass is 491 g/mol. The van der Waals surface area contributed by atoms with Gasteiger partial charge in [-0.05, 0) is 42.0 Å². The number of carbonyl (C=O) groups excluding carboxylic acids is 1. The number of ether oxygens (including phenoxy) is 1. The molecule has 7 nitrogen and oxygen atoms in total. The molecule has 2 unspecified atom stereocenters. The predicted octanol–water partition coefficient (Wildman–Crippen LogP) is 4.31. The Balaban J connectivity index is 1.35. The van der Waals surface area contributed by atoms with Crippen LogP contribution >= 0.6 is 11.6 Å². The van der Waals surface area contributed by atoms with Crippen LogP contribution in [0.4, 0.5) is 5.69 Å². The SMILES string of the molecule is CNc1ccnc2cc(CN3CCN(Cc4cc5cc(Cl)ccc5[nH]4)C(COC)C3C=O)ccc12. The molecule has 1 fully saturated rings. The fourth-order valence-electron chi connectivity index (χ4n) is 5.18. The largest absolute Gasteiger partial charge is 0.388 e. The molecule has 1 aliphatic heterocycles. The second kappa shape index (κ2) is 10.3. The fourth-order valence-corrected chi connectivity index (χ4v) is 5.36. The van der Waals surface area contributed by atoms with Crippen molar-refractivity contribution < 1.29 is 9.53 Å². The molecule has 1 saturated heterocycles. The number of halogens is 1. The van der Waals surface area contributed by atoms with Crippen molar-refractivity contribution in [2.75, 3.05) is 39.2 Å². The molecule has 0 amide bonds. The number of benzene rings is 2. The molecule has 2 aromatic heterocycles. The molecule has 35 heavy (non-hydrogen) atoms. The number of nitrogens with zero attached hydrogens (tertiary/aromatic N) is 3. The topological polar surface area (TPSA) is 73.5 Å². The number of rotatable bonds is 8. The summed E-state index contributed by atoms with van der Waals surface area (Å²) in [5, 5.41) is 6.12. The van der Waals surface area contributed by atoms with Crippen LogP contribution in [0.25, 0.3) is 21.8 Å². The number of aromatic amines is 1. The van der Waals surface area contributed by atoms with Gasteiger partial charge in [-0.2, -0.15) is 0 Å². The number of aldehydes is 1. The molecule has 0 radical (unpaired) electrons. The van der Waals surface area contributed by atoms with E-state index in [1.165, 1.54) is 0 Å². The summed E-state index contributed by atoms with van der Waals surface area (Å²) >= 11 is 6.16. The van der Waals surface area contributed by atoms with Gasteiger partial charge in [-0.15, -0.1) is 0 Å². The van der Waals surface area contributed by atoms with Gasteiger partial charge in [0.15, 0.2) is 0 Å². The summed E-state index contributed by atoms with van der Waals surface area (Å²) in [4.78, 5) is 25.0. The number of hydrogen-bond acceptors (Lipinski definition) is 6. The number of methoxy groups -OCH3 is 1. The Hall–Kier alpha value is -2.97. The Kier molecular flexibility index (Phi) is 7.02. The molecule has 4 aromatic rings. The van der Waals surface area contributed by atoms with Crippen LogP contribution in [0, 0.1) is 0 Å². The number of aromatic nitrogens is 2. The van der Waals surface area contributed by atoms with Crippen LogP contribution in [0.2, 0.25) is 5.02 Å². The van der Waals surface area contributed by atoms with Crippen molar-refractivity contribution >= 4 is 45.4 Å². The summed E-state index contributed by atoms with van der Waals surface area (Å²) in [6.07, 6.45) is 2.89. The van der Waals surface area contributed by atoms with Gasteiger partial charge in [0.05, 0.1) is 24.2 Å². The van der Waals surface area contributed by atoms with E-state index in [-0.39, 0.29) is 12.1 Å². The highest BCUT2D eigenvalue weighted by molar-refractivity contribution is 6.31. The van der Waals surface area contributed by atoms with Gasteiger partial charge < -0.3 is 19.8 Å². The van der Waals surface area contributed by atoms with Gasteiger partial charge >= 0.3 is 0 Å². The summed E-state index contributed by atoms with van der Waals surface area (Å²) < 4.78 is 5.57. The quantitative estimate of drug-likeness (QED) is 0.358. The maximum atomic E-state index is 12.4. The van der Waals surface area contributed by atoms with Crippen molar-refractivity contribution in [1.29, 1.82) is 0 Å². The molecule has 3 heterocycles. The number of H-pyrrole nitrogens is 1. The molecule has 8 heteroatoms. The van der Waals surface area contributed by atoms with Gasteiger partial charge in [-0.1, -0.05) is 23.7 Å². The van der Waals surface area contributed by atoms with Crippen LogP contribution in [-0.2, 0) is 22.6 Å². The first kappa shape index (κ1) is 23.8. The molecule has 1 aliphatic rings. The summed E-state index contributed by atoms with van der Waals surface area (Å²) in [7, 11) is 3.61. The predicted molar refractivity (Wildman–Crippen MR) is 141 cm³/mol. The lowest BCUT2D eigenvalue weighted by atomic mass is 10.0. The minimum Gasteiger partial charge on any atom is -0.388 e. The highest BCUT2D eigenvalue weighted by atomic mass is 35.5. The summed E-state index contributed by atoms with van der Waals surface area (Å²) in [5.41, 5.74) is 5.30. The van der Waals surface area contributed by atoms with Crippen molar-refractivity contribution in [1.82, 2.24) is 19.8 Å². The third-order valence-electron chi connectivity index (χ3n) is 6.91. The zero-order chi connectivity index (χ0) is 24.4. The van der Waals surface area contributed by atoms with E-state index in [1.54, 1.807) is 7.11 Å². The van der Waals surface area contributed by atoms with E-state index in [2.05, 4.69) is 49.4 Å². The van der Waals surface area contributed by atoms with E-state index < -0.39 is 0 Å². The third kappa shape index (κ3) is 4.90. The van der Waals surface area contributed by atoms with Crippen LogP contribution < -0.4 is 5.32 Å². The lowest BCUT2D eigenvalue weighted by Gasteiger charge is -2.45. The van der Waals surface area contributed by atoms with E-state index in [4.69, 9.17) is 16.3 Å². The zero-order valence-electron chi connectivity index (χ0n) is 20.0. The maximum absolute atomic E-state index is 12.4. The van der Waals surface area contributed by atoms with Crippen molar-refractivity contribution in [3.8, 4) is 0 Å². The van der Waals surface area contributed by atoms with Gasteiger partial charge in [0.25, 0.3) is 0 Å². The minimum absolute atomic E-state index is 0.0456. The normalized spacial score (nSPS) is 19.4. The Bertz CT molecular complexity index is 1340. The smallest absolute Gasteiger partial charge is 0.138 e. The second-order valence-electron chi connectivity index (χ2n) is 9.08. The molecule has 2 aromatic carbocycles. The lowest BCUT2D eigenvalue weighted by molar-refractivity contribution is -0.120. The Morgan fingerprint density at radius 3 is 2.80 bits per heavy atom. The molecule has 2 N–H and O–H groups in total. The molecule has 5 rings (SSSR count). The zero-order valence-corrected chi connectivity index (χ0v) is 20.8. The standard InChI is InChI=1S/C27H30ClN5O2/c1-29-24-7-8-30-25-11-18(3-5-22(24)25)14-32-9-10-33(27(17-35-2)26(32)16-34)15-21-13-19-12-20(28)4-6-23(19)31-21/h3-8,11-13,16,26-27,31H,9-10,14-15,17H2,1-2H3,(H,29,30). The van der Waals surface area contributed by atoms with E-state index >= 15 is 0 Å². The maximum Gasteiger partial charge on any atom is 0.138 e. The number of anilines is 1. The van der Waals surface area contributed by atoms with E-state index in [1.807, 2.05) is 37.5 Å². The van der Waals surface area contributed by atoms with E-state index in [9.17, 15) is 4.79 Å². The van der Waals surface area contributed by atoms with Gasteiger partial charge in [-0.3, -0.25) is 14.8 Å². The minimum atomic E-state index is -0.269. The highest BCUT2D eigenvalue weighted by Crippen LogP contribution is 2.26. The van der Waals surface area contributed by atoms with Crippen molar-refractivity contribution in [2.45, 2.75) is 25.2 Å². The van der Waals surface area contributed by atoms with Crippen molar-refractivity contribution in [3.63, 3.8) is 0 Å². The van der Waals surface area contributed by atoms with Crippen LogP contribution in [-0.4, -0.2) is 72.0 Å². The number of piperazine rings is 1. The summed E-state index contributed by atoms with van der Waals surface area (Å²) in [6.45, 7) is 3.51. The number of nitrogens with one attached hydrogen (secondary N) is 2. The Morgan fingerprint density at radius 2 is 2.00 bits per heavy atom. The first-order chi connectivity index (χ1) is 17.1. The van der Waals surface area contributed by atoms with Crippen molar-refractivity contribution in [2.24, 2.45) is 0 Å².